The van der Waals surface area contributed by atoms with Crippen molar-refractivity contribution in [3.8, 4) is 0 Å². The van der Waals surface area contributed by atoms with Gasteiger partial charge in [0, 0.05) is 25.4 Å². The molecular weight excluding hydrogens is 298 g/mol. The van der Waals surface area contributed by atoms with Gasteiger partial charge in [-0.2, -0.15) is 0 Å². The largest absolute Gasteiger partial charge is 0.381 e. The standard InChI is InChI=1S/C16H19N3O4/c20-19(21)15-6-5-14(16-13(15)4-1-7-18-16)17-8-10-22-11-12-3-2-9-23-12/h1,4-7,12,17H,2-3,8-11H2. The van der Waals surface area contributed by atoms with Crippen LogP contribution in [0.4, 0.5) is 11.4 Å². The molecule has 3 rings (SSSR count). The summed E-state index contributed by atoms with van der Waals surface area (Å²) in [7, 11) is 0. The van der Waals surface area contributed by atoms with E-state index in [1.807, 2.05) is 0 Å². The van der Waals surface area contributed by atoms with Gasteiger partial charge in [0.25, 0.3) is 5.69 Å². The molecule has 1 saturated heterocycles. The Balaban J connectivity index is 1.59. The van der Waals surface area contributed by atoms with Crippen LogP contribution in [-0.2, 0) is 9.47 Å². The van der Waals surface area contributed by atoms with Gasteiger partial charge >= 0.3 is 0 Å². The lowest BCUT2D eigenvalue weighted by Gasteiger charge is -2.12. The summed E-state index contributed by atoms with van der Waals surface area (Å²) in [6.45, 7) is 2.59. The van der Waals surface area contributed by atoms with E-state index in [2.05, 4.69) is 10.3 Å². The summed E-state index contributed by atoms with van der Waals surface area (Å²) in [4.78, 5) is 14.9. The van der Waals surface area contributed by atoms with Crippen LogP contribution in [0, 0.1) is 10.1 Å². The van der Waals surface area contributed by atoms with E-state index >= 15 is 0 Å². The second-order valence-electron chi connectivity index (χ2n) is 5.43. The summed E-state index contributed by atoms with van der Waals surface area (Å²) in [5.74, 6) is 0. The van der Waals surface area contributed by atoms with Gasteiger partial charge in [0.2, 0.25) is 0 Å². The lowest BCUT2D eigenvalue weighted by molar-refractivity contribution is -0.383. The molecule has 23 heavy (non-hydrogen) atoms. The first-order valence-corrected chi connectivity index (χ1v) is 7.71. The molecule has 0 saturated carbocycles. The topological polar surface area (TPSA) is 86.5 Å². The summed E-state index contributed by atoms with van der Waals surface area (Å²) in [6, 6.07) is 6.59. The van der Waals surface area contributed by atoms with E-state index in [4.69, 9.17) is 9.47 Å². The number of non-ortho nitro benzene ring substituents is 1. The molecule has 0 amide bonds. The zero-order valence-corrected chi connectivity index (χ0v) is 12.7. The Morgan fingerprint density at radius 3 is 3.13 bits per heavy atom. The molecule has 1 aromatic carbocycles. The fraction of sp³-hybridized carbons (Fsp3) is 0.438. The van der Waals surface area contributed by atoms with Crippen LogP contribution < -0.4 is 5.32 Å². The van der Waals surface area contributed by atoms with Gasteiger partial charge in [-0.25, -0.2) is 0 Å². The summed E-state index contributed by atoms with van der Waals surface area (Å²) in [5, 5.41) is 14.8. The Labute approximate surface area is 133 Å². The highest BCUT2D eigenvalue weighted by atomic mass is 16.6. The molecule has 1 aromatic heterocycles. The summed E-state index contributed by atoms with van der Waals surface area (Å²) < 4.78 is 11.1. The molecule has 2 heterocycles. The number of fused-ring (bicyclic) bond motifs is 1. The summed E-state index contributed by atoms with van der Waals surface area (Å²) >= 11 is 0. The third-order valence-electron chi connectivity index (χ3n) is 3.83. The zero-order valence-electron chi connectivity index (χ0n) is 12.7. The van der Waals surface area contributed by atoms with Crippen LogP contribution in [-0.4, -0.2) is 42.4 Å². The number of ether oxygens (including phenoxy) is 2. The minimum Gasteiger partial charge on any atom is -0.381 e. The molecule has 0 bridgehead atoms. The first kappa shape index (κ1) is 15.6. The van der Waals surface area contributed by atoms with Crippen LogP contribution in [0.2, 0.25) is 0 Å². The number of benzene rings is 1. The van der Waals surface area contributed by atoms with Crippen LogP contribution in [0.1, 0.15) is 12.8 Å². The molecule has 1 aliphatic rings. The fourth-order valence-corrected chi connectivity index (χ4v) is 2.71. The highest BCUT2D eigenvalue weighted by Crippen LogP contribution is 2.29. The van der Waals surface area contributed by atoms with Crippen molar-refractivity contribution in [2.24, 2.45) is 0 Å². The molecule has 7 heteroatoms. The third kappa shape index (κ3) is 3.75. The molecule has 1 unspecified atom stereocenters. The molecule has 2 aromatic rings. The van der Waals surface area contributed by atoms with Crippen molar-refractivity contribution in [3.05, 3.63) is 40.6 Å². The number of aromatic nitrogens is 1. The maximum atomic E-state index is 11.1. The number of nitro groups is 1. The maximum absolute atomic E-state index is 11.1. The van der Waals surface area contributed by atoms with Crippen molar-refractivity contribution in [1.29, 1.82) is 0 Å². The molecule has 1 atom stereocenters. The number of pyridine rings is 1. The van der Waals surface area contributed by atoms with Crippen molar-refractivity contribution < 1.29 is 14.4 Å². The van der Waals surface area contributed by atoms with Crippen molar-refractivity contribution in [2.75, 3.05) is 31.7 Å². The third-order valence-corrected chi connectivity index (χ3v) is 3.83. The quantitative estimate of drug-likeness (QED) is 0.480. The Bertz CT molecular complexity index is 686. The van der Waals surface area contributed by atoms with Crippen LogP contribution in [0.25, 0.3) is 10.9 Å². The number of hydrogen-bond acceptors (Lipinski definition) is 6. The monoisotopic (exact) mass is 317 g/mol. The predicted molar refractivity (Wildman–Crippen MR) is 86.7 cm³/mol. The van der Waals surface area contributed by atoms with E-state index in [-0.39, 0.29) is 11.8 Å². The average Bonchev–Trinajstić information content (AvgIpc) is 3.07. The van der Waals surface area contributed by atoms with Gasteiger partial charge < -0.3 is 14.8 Å². The summed E-state index contributed by atoms with van der Waals surface area (Å²) in [6.07, 6.45) is 4.01. The highest BCUT2D eigenvalue weighted by Gasteiger charge is 2.16. The van der Waals surface area contributed by atoms with Crippen molar-refractivity contribution >= 4 is 22.3 Å². The Morgan fingerprint density at radius 1 is 1.43 bits per heavy atom. The zero-order chi connectivity index (χ0) is 16.1. The van der Waals surface area contributed by atoms with Gasteiger partial charge in [-0.1, -0.05) is 0 Å². The van der Waals surface area contributed by atoms with E-state index in [1.54, 1.807) is 24.4 Å². The molecule has 0 spiro atoms. The van der Waals surface area contributed by atoms with Crippen molar-refractivity contribution in [2.45, 2.75) is 18.9 Å². The van der Waals surface area contributed by atoms with Crippen LogP contribution in [0.15, 0.2) is 30.5 Å². The maximum Gasteiger partial charge on any atom is 0.278 e. The van der Waals surface area contributed by atoms with Gasteiger partial charge in [-0.15, -0.1) is 0 Å². The van der Waals surface area contributed by atoms with E-state index < -0.39 is 4.92 Å². The van der Waals surface area contributed by atoms with Gasteiger partial charge in [0.1, 0.15) is 5.52 Å². The molecule has 7 nitrogen and oxygen atoms in total. The van der Waals surface area contributed by atoms with E-state index in [9.17, 15) is 10.1 Å². The second-order valence-corrected chi connectivity index (χ2v) is 5.43. The molecule has 1 N–H and O–H groups in total. The van der Waals surface area contributed by atoms with Gasteiger partial charge in [-0.05, 0) is 31.0 Å². The number of anilines is 1. The minimum atomic E-state index is -0.390. The number of nitrogens with one attached hydrogen (secondary N) is 1. The van der Waals surface area contributed by atoms with E-state index in [1.165, 1.54) is 6.07 Å². The predicted octanol–water partition coefficient (Wildman–Crippen LogP) is 2.75. The van der Waals surface area contributed by atoms with Crippen LogP contribution in [0.5, 0.6) is 0 Å². The van der Waals surface area contributed by atoms with E-state index in [0.29, 0.717) is 30.7 Å². The molecular formula is C16H19N3O4. The Morgan fingerprint density at radius 2 is 2.35 bits per heavy atom. The van der Waals surface area contributed by atoms with Crippen LogP contribution in [0.3, 0.4) is 0 Å². The molecule has 0 radical (unpaired) electrons. The molecule has 1 fully saturated rings. The lowest BCUT2D eigenvalue weighted by Crippen LogP contribution is -2.18. The number of nitrogens with zero attached hydrogens (tertiary/aromatic N) is 2. The molecule has 1 aliphatic heterocycles. The van der Waals surface area contributed by atoms with Gasteiger partial charge in [-0.3, -0.25) is 15.1 Å². The fourth-order valence-electron chi connectivity index (χ4n) is 2.71. The van der Waals surface area contributed by atoms with Crippen molar-refractivity contribution in [1.82, 2.24) is 4.98 Å². The first-order valence-electron chi connectivity index (χ1n) is 7.71. The first-order chi connectivity index (χ1) is 11.3. The Kier molecular flexibility index (Phi) is 4.99. The highest BCUT2D eigenvalue weighted by molar-refractivity contribution is 5.96. The van der Waals surface area contributed by atoms with Crippen LogP contribution >= 0.6 is 0 Å². The second kappa shape index (κ2) is 7.34. The number of nitro benzene ring substituents is 1. The number of hydrogen-bond donors (Lipinski definition) is 1. The smallest absolute Gasteiger partial charge is 0.278 e. The van der Waals surface area contributed by atoms with Gasteiger partial charge in [0.15, 0.2) is 0 Å². The SMILES string of the molecule is O=[N+]([O-])c1ccc(NCCOCC2CCCO2)c2ncccc12. The minimum absolute atomic E-state index is 0.0632. The average molecular weight is 317 g/mol. The molecule has 0 aliphatic carbocycles. The van der Waals surface area contributed by atoms with Crippen molar-refractivity contribution in [3.63, 3.8) is 0 Å². The molecule has 122 valence electrons. The Hall–Kier alpha value is -2.25. The van der Waals surface area contributed by atoms with Gasteiger partial charge in [0.05, 0.1) is 35.3 Å². The summed E-state index contributed by atoms with van der Waals surface area (Å²) in [5.41, 5.74) is 1.43. The van der Waals surface area contributed by atoms with E-state index in [0.717, 1.165) is 25.1 Å². The normalized spacial score (nSPS) is 17.5. The number of rotatable bonds is 7. The lowest BCUT2D eigenvalue weighted by atomic mass is 10.1.